The number of aliphatic hydroxyl groups is 1. The zero-order valence-corrected chi connectivity index (χ0v) is 22.0. The highest BCUT2D eigenvalue weighted by molar-refractivity contribution is 6.33. The van der Waals surface area contributed by atoms with Gasteiger partial charge in [0.05, 0.1) is 24.6 Å². The number of ketones is 4. The molecule has 0 saturated heterocycles. The van der Waals surface area contributed by atoms with Crippen molar-refractivity contribution in [1.29, 1.82) is 0 Å². The van der Waals surface area contributed by atoms with Gasteiger partial charge in [-0.2, -0.15) is 0 Å². The van der Waals surface area contributed by atoms with Crippen LogP contribution in [0, 0.1) is 22.7 Å². The molecule has 0 aliphatic heterocycles. The van der Waals surface area contributed by atoms with Crippen molar-refractivity contribution >= 4 is 35.0 Å². The number of likely N-dealkylation sites (N-methyl/N-ethyl adjacent to an activating group) is 1. The number of Topliss-reactive ketones (excluding diaryl/α,β-unsaturated/α-hetero) is 4. The first-order chi connectivity index (χ1) is 17.6. The molecule has 0 spiro atoms. The highest BCUT2D eigenvalue weighted by Crippen LogP contribution is 2.61. The first-order valence-corrected chi connectivity index (χ1v) is 12.3. The number of esters is 1. The van der Waals surface area contributed by atoms with Crippen molar-refractivity contribution in [2.75, 3.05) is 21.2 Å². The van der Waals surface area contributed by atoms with Gasteiger partial charge < -0.3 is 20.7 Å². The molecule has 3 aliphatic rings. The molecule has 11 heteroatoms. The normalized spacial score (nSPS) is 34.4. The van der Waals surface area contributed by atoms with Crippen LogP contribution in [0.15, 0.2) is 12.1 Å². The highest BCUT2D eigenvalue weighted by atomic mass is 16.5. The first kappa shape index (κ1) is 27.6. The number of aromatic hydroxyl groups is 1. The molecule has 1 aromatic rings. The molecule has 38 heavy (non-hydrogen) atoms. The third-order valence-corrected chi connectivity index (χ3v) is 8.79. The zero-order valence-electron chi connectivity index (χ0n) is 22.0. The Bertz CT molecular complexity index is 1300. The molecule has 1 amide bonds. The van der Waals surface area contributed by atoms with Crippen LogP contribution < -0.4 is 5.73 Å². The number of methoxy groups -OCH3 is 1. The Morgan fingerprint density at radius 1 is 1.13 bits per heavy atom. The first-order valence-electron chi connectivity index (χ1n) is 12.3. The molecule has 2 unspecified atom stereocenters. The predicted octanol–water partition coefficient (Wildman–Crippen LogP) is -0.247. The molecular formula is C27H32N2O9. The number of primary amides is 1. The maximum atomic E-state index is 14.1. The molecular weight excluding hydrogens is 496 g/mol. The number of fused-ring (bicyclic) bond motifs is 3. The highest BCUT2D eigenvalue weighted by Gasteiger charge is 2.76. The van der Waals surface area contributed by atoms with Crippen LogP contribution in [-0.2, 0) is 41.6 Å². The van der Waals surface area contributed by atoms with Crippen LogP contribution >= 0.6 is 0 Å². The molecule has 2 fully saturated rings. The smallest absolute Gasteiger partial charge is 0.305 e. The van der Waals surface area contributed by atoms with Gasteiger partial charge in [-0.15, -0.1) is 0 Å². The molecule has 2 saturated carbocycles. The second-order valence-electron chi connectivity index (χ2n) is 11.4. The van der Waals surface area contributed by atoms with Gasteiger partial charge in [-0.05, 0) is 56.0 Å². The van der Waals surface area contributed by atoms with Crippen molar-refractivity contribution in [1.82, 2.24) is 4.90 Å². The van der Waals surface area contributed by atoms with Crippen LogP contribution in [0.4, 0.5) is 0 Å². The van der Waals surface area contributed by atoms with Gasteiger partial charge in [-0.3, -0.25) is 33.7 Å². The fourth-order valence-electron chi connectivity index (χ4n) is 7.35. The average Bonchev–Trinajstić information content (AvgIpc) is 2.80. The summed E-state index contributed by atoms with van der Waals surface area (Å²) in [6, 6.07) is 1.67. The molecule has 0 heterocycles. The lowest BCUT2D eigenvalue weighted by molar-refractivity contribution is -0.203. The molecule has 11 nitrogen and oxygen atoms in total. The van der Waals surface area contributed by atoms with Gasteiger partial charge >= 0.3 is 5.97 Å². The van der Waals surface area contributed by atoms with E-state index in [9.17, 15) is 39.0 Å². The number of phenols is 1. The van der Waals surface area contributed by atoms with Gasteiger partial charge in [-0.25, -0.2) is 0 Å². The van der Waals surface area contributed by atoms with E-state index in [2.05, 4.69) is 0 Å². The summed E-state index contributed by atoms with van der Waals surface area (Å²) in [6.07, 6.45) is 0.244. The van der Waals surface area contributed by atoms with E-state index in [1.54, 1.807) is 13.0 Å². The minimum atomic E-state index is -2.84. The van der Waals surface area contributed by atoms with E-state index in [4.69, 9.17) is 10.5 Å². The minimum absolute atomic E-state index is 0.0264. The van der Waals surface area contributed by atoms with Crippen LogP contribution in [0.2, 0.25) is 0 Å². The number of rotatable bonds is 5. The number of carbonyl (C=O) groups excluding carboxylic acids is 6. The van der Waals surface area contributed by atoms with E-state index >= 15 is 0 Å². The molecule has 4 rings (SSSR count). The summed E-state index contributed by atoms with van der Waals surface area (Å²) in [6.45, 7) is 3.13. The summed E-state index contributed by atoms with van der Waals surface area (Å²) < 4.78 is 4.71. The standard InChI is InChI=1S/C27H32N2O9/c1-25-10-13-12(7-9-15(31)38-5)6-8-14(30)16(13)19(32)18(25)23(35)27(37)22(34)17(24(28)36)20(33)21(29(3)4)26(27,2)11-25/h6,8,17-18,21,30,37H,7,9-11H2,1-5H3,(H2,28,36)/t17?,18?,21-,25+,26+,27-/m1/s1. The van der Waals surface area contributed by atoms with Gasteiger partial charge in [-0.1, -0.05) is 19.9 Å². The number of hydrogen-bond acceptors (Lipinski definition) is 10. The molecule has 0 radical (unpaired) electrons. The van der Waals surface area contributed by atoms with Gasteiger partial charge in [0.25, 0.3) is 0 Å². The van der Waals surface area contributed by atoms with Crippen LogP contribution in [0.3, 0.4) is 0 Å². The van der Waals surface area contributed by atoms with Crippen molar-refractivity contribution in [3.05, 3.63) is 28.8 Å². The molecule has 3 aliphatic carbocycles. The van der Waals surface area contributed by atoms with E-state index in [0.29, 0.717) is 11.1 Å². The van der Waals surface area contributed by atoms with Gasteiger partial charge in [0.2, 0.25) is 5.91 Å². The van der Waals surface area contributed by atoms with Crippen molar-refractivity contribution < 1.29 is 43.7 Å². The van der Waals surface area contributed by atoms with Crippen molar-refractivity contribution in [3.8, 4) is 5.75 Å². The lowest BCUT2D eigenvalue weighted by Crippen LogP contribution is -2.79. The number of nitrogens with zero attached hydrogens (tertiary/aromatic N) is 1. The van der Waals surface area contributed by atoms with Crippen LogP contribution in [0.5, 0.6) is 5.75 Å². The third kappa shape index (κ3) is 3.48. The lowest BCUT2D eigenvalue weighted by atomic mass is 9.42. The number of amides is 1. The number of hydrogen-bond donors (Lipinski definition) is 3. The van der Waals surface area contributed by atoms with Gasteiger partial charge in [0.15, 0.2) is 34.7 Å². The number of phenolic OH excluding ortho intramolecular Hbond substituents is 1. The maximum Gasteiger partial charge on any atom is 0.305 e. The number of carbonyl (C=O) groups is 6. The monoisotopic (exact) mass is 528 g/mol. The van der Waals surface area contributed by atoms with E-state index < -0.39 is 69.3 Å². The Balaban J connectivity index is 1.92. The Hall–Kier alpha value is -3.44. The van der Waals surface area contributed by atoms with Crippen molar-refractivity contribution in [2.24, 2.45) is 28.4 Å². The topological polar surface area (TPSA) is 181 Å². The Labute approximate surface area is 219 Å². The van der Waals surface area contributed by atoms with Crippen molar-refractivity contribution in [2.45, 2.75) is 51.2 Å². The van der Waals surface area contributed by atoms with E-state index in [1.807, 2.05) is 0 Å². The van der Waals surface area contributed by atoms with E-state index in [1.165, 1.54) is 39.1 Å². The van der Waals surface area contributed by atoms with Crippen LogP contribution in [0.25, 0.3) is 0 Å². The zero-order chi connectivity index (χ0) is 28.5. The third-order valence-electron chi connectivity index (χ3n) is 8.79. The van der Waals surface area contributed by atoms with Crippen molar-refractivity contribution in [3.63, 3.8) is 0 Å². The minimum Gasteiger partial charge on any atom is -0.507 e. The summed E-state index contributed by atoms with van der Waals surface area (Å²) in [4.78, 5) is 80.3. The Morgan fingerprint density at radius 2 is 1.76 bits per heavy atom. The SMILES string of the molecule is COC(=O)CCc1ccc(O)c2c1C[C@@]1(C)C[C@@]3(C)[C@H](N(C)C)C(=O)C(C(N)=O)C(=O)[C@@]3(O)C(=O)C1C2=O. The second kappa shape index (κ2) is 8.81. The summed E-state index contributed by atoms with van der Waals surface area (Å²) in [5.74, 6) is -9.69. The molecule has 1 aromatic carbocycles. The van der Waals surface area contributed by atoms with E-state index in [0.717, 1.165) is 0 Å². The Kier molecular flexibility index (Phi) is 6.39. The number of nitrogens with two attached hydrogens (primary N) is 1. The quantitative estimate of drug-likeness (QED) is 0.340. The van der Waals surface area contributed by atoms with Crippen LogP contribution in [0.1, 0.15) is 48.2 Å². The van der Waals surface area contributed by atoms with E-state index in [-0.39, 0.29) is 37.0 Å². The van der Waals surface area contributed by atoms with Crippen LogP contribution in [-0.4, -0.2) is 83.0 Å². The fraction of sp³-hybridized carbons (Fsp3) is 0.556. The number of benzene rings is 1. The molecule has 6 atom stereocenters. The molecule has 4 N–H and O–H groups in total. The number of aryl methyl sites for hydroxylation is 1. The largest absolute Gasteiger partial charge is 0.507 e. The molecule has 0 aromatic heterocycles. The van der Waals surface area contributed by atoms with Gasteiger partial charge in [0.1, 0.15) is 5.75 Å². The maximum absolute atomic E-state index is 14.1. The summed E-state index contributed by atoms with van der Waals surface area (Å²) >= 11 is 0. The molecule has 0 bridgehead atoms. The Morgan fingerprint density at radius 3 is 2.32 bits per heavy atom. The molecule has 204 valence electrons. The van der Waals surface area contributed by atoms with Gasteiger partial charge in [0, 0.05) is 11.8 Å². The lowest BCUT2D eigenvalue weighted by Gasteiger charge is -2.61. The summed E-state index contributed by atoms with van der Waals surface area (Å²) in [7, 11) is 4.33. The summed E-state index contributed by atoms with van der Waals surface area (Å²) in [5, 5.41) is 22.5. The summed E-state index contributed by atoms with van der Waals surface area (Å²) in [5.41, 5.74) is 0.641. The predicted molar refractivity (Wildman–Crippen MR) is 131 cm³/mol. The average molecular weight is 529 g/mol. The number of ether oxygens (including phenoxy) is 1. The fourth-order valence-corrected chi connectivity index (χ4v) is 7.35. The second-order valence-corrected chi connectivity index (χ2v) is 11.4.